The molecule has 0 radical (unpaired) electrons. The van der Waals surface area contributed by atoms with Crippen LogP contribution in [0.5, 0.6) is 11.5 Å². The predicted octanol–water partition coefficient (Wildman–Crippen LogP) is 6.47. The monoisotopic (exact) mass is 562 g/mol. The number of nitrogens with zero attached hydrogens (tertiary/aromatic N) is 1. The van der Waals surface area contributed by atoms with Gasteiger partial charge in [0.1, 0.15) is 17.5 Å². The van der Waals surface area contributed by atoms with E-state index in [2.05, 4.69) is 5.32 Å². The van der Waals surface area contributed by atoms with Gasteiger partial charge in [-0.2, -0.15) is 0 Å². The zero-order valence-electron chi connectivity index (χ0n) is 21.3. The lowest BCUT2D eigenvalue weighted by atomic mass is 10.0. The van der Waals surface area contributed by atoms with Gasteiger partial charge < -0.3 is 19.7 Å². The van der Waals surface area contributed by atoms with Crippen molar-refractivity contribution in [2.45, 2.75) is 19.1 Å². The lowest BCUT2D eigenvalue weighted by Gasteiger charge is -2.31. The molecule has 200 valence electrons. The largest absolute Gasteiger partial charge is 0.497 e. The van der Waals surface area contributed by atoms with E-state index in [0.717, 1.165) is 16.9 Å². The Morgan fingerprint density at radius 2 is 1.46 bits per heavy atom. The summed E-state index contributed by atoms with van der Waals surface area (Å²) >= 11 is 12.3. The van der Waals surface area contributed by atoms with Crippen LogP contribution in [0.2, 0.25) is 10.0 Å². The smallest absolute Gasteiger partial charge is 0.261 e. The second-order valence-electron chi connectivity index (χ2n) is 8.75. The molecule has 0 aromatic heterocycles. The Labute approximate surface area is 238 Å². The number of halogens is 2. The van der Waals surface area contributed by atoms with Crippen LogP contribution >= 0.6 is 23.2 Å². The van der Waals surface area contributed by atoms with Crippen LogP contribution in [0, 0.1) is 0 Å². The maximum atomic E-state index is 13.7. The third-order valence-corrected chi connectivity index (χ3v) is 6.64. The first kappa shape index (κ1) is 28.0. The number of ether oxygens (including phenoxy) is 2. The molecule has 0 spiro atoms. The second-order valence-corrected chi connectivity index (χ2v) is 9.59. The Balaban J connectivity index is 1.62. The molecule has 2 amide bonds. The Morgan fingerprint density at radius 3 is 2.13 bits per heavy atom. The third-order valence-electron chi connectivity index (χ3n) is 6.08. The summed E-state index contributed by atoms with van der Waals surface area (Å²) in [5.74, 6) is 0.417. The summed E-state index contributed by atoms with van der Waals surface area (Å²) in [6.07, 6.45) is 0. The number of hydrogen-bond acceptors (Lipinski definition) is 4. The molecule has 0 aliphatic carbocycles. The summed E-state index contributed by atoms with van der Waals surface area (Å²) in [6.45, 7) is 0.148. The molecule has 0 saturated carbocycles. The average molecular weight is 563 g/mol. The van der Waals surface area contributed by atoms with Crippen molar-refractivity contribution < 1.29 is 19.1 Å². The Hall–Kier alpha value is -4.00. The molecule has 0 fully saturated rings. The second kappa shape index (κ2) is 13.7. The Bertz CT molecular complexity index is 1380. The molecule has 4 aromatic rings. The number of para-hydroxylation sites is 1. The molecule has 1 N–H and O–H groups in total. The summed E-state index contributed by atoms with van der Waals surface area (Å²) < 4.78 is 11.0. The summed E-state index contributed by atoms with van der Waals surface area (Å²) in [5, 5.41) is 3.97. The van der Waals surface area contributed by atoms with E-state index >= 15 is 0 Å². The van der Waals surface area contributed by atoms with Gasteiger partial charge in [-0.3, -0.25) is 9.59 Å². The van der Waals surface area contributed by atoms with E-state index < -0.39 is 6.04 Å². The van der Waals surface area contributed by atoms with Gasteiger partial charge in [0.2, 0.25) is 5.91 Å². The maximum absolute atomic E-state index is 13.7. The zero-order valence-corrected chi connectivity index (χ0v) is 22.9. The lowest BCUT2D eigenvalue weighted by Crippen LogP contribution is -2.45. The number of nitrogens with one attached hydrogen (secondary N) is 1. The minimum Gasteiger partial charge on any atom is -0.497 e. The van der Waals surface area contributed by atoms with Gasteiger partial charge >= 0.3 is 0 Å². The molecule has 4 aromatic carbocycles. The molecular formula is C31H28Cl2N2O4. The predicted molar refractivity (Wildman–Crippen MR) is 153 cm³/mol. The van der Waals surface area contributed by atoms with Crippen molar-refractivity contribution in [2.24, 2.45) is 0 Å². The normalized spacial score (nSPS) is 11.4. The molecular weight excluding hydrogens is 535 g/mol. The van der Waals surface area contributed by atoms with Gasteiger partial charge in [0, 0.05) is 18.1 Å². The minimum absolute atomic E-state index is 0.164. The Kier molecular flexibility index (Phi) is 9.84. The standard InChI is InChI=1S/C31H28Cl2N2O4/c1-38-26-17-13-22(14-18-26)19-34-31(37)30(24-7-3-2-4-8-24)35(20-23-11-15-25(32)16-12-23)29(36)21-39-28-10-6-5-9-27(28)33/h2-18,30H,19-21H2,1H3,(H,34,37)/t30-/m0/s1. The fraction of sp³-hybridized carbons (Fsp3) is 0.161. The van der Waals surface area contributed by atoms with E-state index in [1.54, 1.807) is 43.5 Å². The van der Waals surface area contributed by atoms with Gasteiger partial charge in [-0.05, 0) is 53.1 Å². The van der Waals surface area contributed by atoms with Gasteiger partial charge in [-0.1, -0.05) is 89.9 Å². The van der Waals surface area contributed by atoms with Crippen LogP contribution in [0.15, 0.2) is 103 Å². The summed E-state index contributed by atoms with van der Waals surface area (Å²) in [4.78, 5) is 29.0. The van der Waals surface area contributed by atoms with Crippen molar-refractivity contribution in [1.29, 1.82) is 0 Å². The van der Waals surface area contributed by atoms with E-state index in [9.17, 15) is 9.59 Å². The number of methoxy groups -OCH3 is 1. The fourth-order valence-electron chi connectivity index (χ4n) is 4.03. The molecule has 0 bridgehead atoms. The first-order valence-electron chi connectivity index (χ1n) is 12.3. The molecule has 0 saturated heterocycles. The third kappa shape index (κ3) is 7.76. The molecule has 4 rings (SSSR count). The molecule has 0 heterocycles. The van der Waals surface area contributed by atoms with E-state index in [4.69, 9.17) is 32.7 Å². The molecule has 0 aliphatic heterocycles. The van der Waals surface area contributed by atoms with Crippen LogP contribution in [0.4, 0.5) is 0 Å². The van der Waals surface area contributed by atoms with Crippen molar-refractivity contribution in [3.8, 4) is 11.5 Å². The van der Waals surface area contributed by atoms with E-state index in [0.29, 0.717) is 21.4 Å². The number of carbonyl (C=O) groups is 2. The lowest BCUT2D eigenvalue weighted by molar-refractivity contribution is -0.143. The first-order chi connectivity index (χ1) is 18.9. The van der Waals surface area contributed by atoms with E-state index in [1.165, 1.54) is 4.90 Å². The minimum atomic E-state index is -0.914. The average Bonchev–Trinajstić information content (AvgIpc) is 2.97. The van der Waals surface area contributed by atoms with Crippen LogP contribution < -0.4 is 14.8 Å². The summed E-state index contributed by atoms with van der Waals surface area (Å²) in [6, 6.07) is 29.8. The fourth-order valence-corrected chi connectivity index (χ4v) is 4.35. The molecule has 8 heteroatoms. The number of hydrogen-bond donors (Lipinski definition) is 1. The maximum Gasteiger partial charge on any atom is 0.261 e. The molecule has 6 nitrogen and oxygen atoms in total. The quantitative estimate of drug-likeness (QED) is 0.227. The first-order valence-corrected chi connectivity index (χ1v) is 13.1. The molecule has 39 heavy (non-hydrogen) atoms. The van der Waals surface area contributed by atoms with Crippen LogP contribution in [-0.4, -0.2) is 30.4 Å². The SMILES string of the molecule is COc1ccc(CNC(=O)[C@H](c2ccccc2)N(Cc2ccc(Cl)cc2)C(=O)COc2ccccc2Cl)cc1. The van der Waals surface area contributed by atoms with E-state index in [-0.39, 0.29) is 31.5 Å². The van der Waals surface area contributed by atoms with Crippen LogP contribution in [0.1, 0.15) is 22.7 Å². The number of carbonyl (C=O) groups excluding carboxylic acids is 2. The molecule has 0 unspecified atom stereocenters. The van der Waals surface area contributed by atoms with Crippen molar-refractivity contribution >= 4 is 35.0 Å². The van der Waals surface area contributed by atoms with Crippen LogP contribution in [-0.2, 0) is 22.7 Å². The highest BCUT2D eigenvalue weighted by Gasteiger charge is 2.32. The van der Waals surface area contributed by atoms with Crippen LogP contribution in [0.25, 0.3) is 0 Å². The number of benzene rings is 4. The van der Waals surface area contributed by atoms with Gasteiger partial charge in [0.05, 0.1) is 12.1 Å². The van der Waals surface area contributed by atoms with Gasteiger partial charge in [-0.15, -0.1) is 0 Å². The van der Waals surface area contributed by atoms with Crippen molar-refractivity contribution in [3.63, 3.8) is 0 Å². The number of amides is 2. The van der Waals surface area contributed by atoms with Crippen molar-refractivity contribution in [2.75, 3.05) is 13.7 Å². The van der Waals surface area contributed by atoms with E-state index in [1.807, 2.05) is 66.7 Å². The summed E-state index contributed by atoms with van der Waals surface area (Å²) in [7, 11) is 1.60. The summed E-state index contributed by atoms with van der Waals surface area (Å²) in [5.41, 5.74) is 2.38. The van der Waals surface area contributed by atoms with Gasteiger partial charge in [0.15, 0.2) is 6.61 Å². The van der Waals surface area contributed by atoms with Gasteiger partial charge in [0.25, 0.3) is 5.91 Å². The molecule has 0 aliphatic rings. The highest BCUT2D eigenvalue weighted by Crippen LogP contribution is 2.27. The van der Waals surface area contributed by atoms with Crippen molar-refractivity contribution in [3.05, 3.63) is 130 Å². The number of rotatable bonds is 11. The van der Waals surface area contributed by atoms with Gasteiger partial charge in [-0.25, -0.2) is 0 Å². The topological polar surface area (TPSA) is 67.9 Å². The van der Waals surface area contributed by atoms with Crippen molar-refractivity contribution in [1.82, 2.24) is 10.2 Å². The Morgan fingerprint density at radius 1 is 0.821 bits per heavy atom. The van der Waals surface area contributed by atoms with Crippen LogP contribution in [0.3, 0.4) is 0 Å². The highest BCUT2D eigenvalue weighted by atomic mass is 35.5. The highest BCUT2D eigenvalue weighted by molar-refractivity contribution is 6.32. The molecule has 1 atom stereocenters. The zero-order chi connectivity index (χ0) is 27.6.